The Hall–Kier alpha value is -2.43. The third-order valence-electron chi connectivity index (χ3n) is 2.30. The first kappa shape index (κ1) is 11.1. The van der Waals surface area contributed by atoms with Gasteiger partial charge in [0.15, 0.2) is 5.03 Å². The lowest BCUT2D eigenvalue weighted by Gasteiger charge is -2.05. The van der Waals surface area contributed by atoms with E-state index < -0.39 is 5.03 Å². The van der Waals surface area contributed by atoms with E-state index in [-0.39, 0.29) is 0 Å². The number of nitrogens with zero attached hydrogens (tertiary/aromatic N) is 3. The van der Waals surface area contributed by atoms with E-state index in [1.165, 1.54) is 0 Å². The van der Waals surface area contributed by atoms with Crippen LogP contribution in [0.25, 0.3) is 0 Å². The van der Waals surface area contributed by atoms with E-state index in [1.54, 1.807) is 22.9 Å². The number of nitro groups is 1. The molecule has 17 heavy (non-hydrogen) atoms. The molecule has 0 aliphatic carbocycles. The number of pyridine rings is 1. The van der Waals surface area contributed by atoms with Crippen LogP contribution in [0.1, 0.15) is 5.56 Å². The number of hydrogen-bond donors (Lipinski definition) is 0. The van der Waals surface area contributed by atoms with Crippen molar-refractivity contribution in [1.29, 1.82) is 0 Å². The molecule has 86 valence electrons. The van der Waals surface area contributed by atoms with Crippen molar-refractivity contribution in [3.05, 3.63) is 75.9 Å². The maximum Gasteiger partial charge on any atom is 0.207 e. The predicted molar refractivity (Wildman–Crippen MR) is 62.5 cm³/mol. The van der Waals surface area contributed by atoms with Gasteiger partial charge in [-0.1, -0.05) is 36.4 Å². The zero-order valence-electron chi connectivity index (χ0n) is 9.06. The van der Waals surface area contributed by atoms with Gasteiger partial charge in [0, 0.05) is 12.7 Å². The van der Waals surface area contributed by atoms with Crippen LogP contribution in [-0.2, 0) is 6.54 Å². The van der Waals surface area contributed by atoms with Crippen LogP contribution in [0.15, 0.2) is 59.8 Å². The van der Waals surface area contributed by atoms with Gasteiger partial charge in [-0.3, -0.25) is 0 Å². The van der Waals surface area contributed by atoms with Gasteiger partial charge in [0.25, 0.3) is 0 Å². The van der Waals surface area contributed by atoms with Gasteiger partial charge < -0.3 is 4.57 Å². The van der Waals surface area contributed by atoms with Gasteiger partial charge in [-0.25, -0.2) is 10.1 Å². The van der Waals surface area contributed by atoms with E-state index >= 15 is 0 Å². The molecule has 0 amide bonds. The highest BCUT2D eigenvalue weighted by Crippen LogP contribution is 1.99. The molecular formula is C12H11N3O2. The van der Waals surface area contributed by atoms with Crippen molar-refractivity contribution in [3.8, 4) is 0 Å². The third-order valence-corrected chi connectivity index (χ3v) is 2.30. The Kier molecular flexibility index (Phi) is 3.30. The van der Waals surface area contributed by atoms with Gasteiger partial charge in [-0.2, -0.15) is 0 Å². The molecule has 1 aromatic heterocycles. The number of hydrogen-bond acceptors (Lipinski definition) is 2. The maximum absolute atomic E-state index is 10.4. The van der Waals surface area contributed by atoms with Gasteiger partial charge >= 0.3 is 0 Å². The summed E-state index contributed by atoms with van der Waals surface area (Å²) in [5, 5.41) is 13.1. The Morgan fingerprint density at radius 3 is 2.53 bits per heavy atom. The molecule has 0 aliphatic rings. The zero-order valence-corrected chi connectivity index (χ0v) is 9.06. The lowest BCUT2D eigenvalue weighted by Crippen LogP contribution is -2.21. The van der Waals surface area contributed by atoms with Crippen LogP contribution in [0.5, 0.6) is 0 Å². The Labute approximate surface area is 97.8 Å². The third kappa shape index (κ3) is 3.01. The van der Waals surface area contributed by atoms with Gasteiger partial charge in [0.05, 0.1) is 5.10 Å². The molecule has 0 N–H and O–H groups in total. The van der Waals surface area contributed by atoms with E-state index in [4.69, 9.17) is 0 Å². The Morgan fingerprint density at radius 2 is 1.82 bits per heavy atom. The van der Waals surface area contributed by atoms with E-state index in [9.17, 15) is 10.1 Å². The molecule has 2 aromatic rings. The van der Waals surface area contributed by atoms with Crippen LogP contribution in [0.4, 0.5) is 0 Å². The van der Waals surface area contributed by atoms with Crippen molar-refractivity contribution in [3.63, 3.8) is 0 Å². The highest BCUT2D eigenvalue weighted by molar-refractivity contribution is 5.15. The molecule has 2 rings (SSSR count). The average Bonchev–Trinajstić information content (AvgIpc) is 2.32. The summed E-state index contributed by atoms with van der Waals surface area (Å²) in [6.07, 6.45) is 1.77. The molecule has 0 fully saturated rings. The normalized spacial score (nSPS) is 11.4. The van der Waals surface area contributed by atoms with E-state index in [2.05, 4.69) is 5.10 Å². The van der Waals surface area contributed by atoms with Crippen molar-refractivity contribution in [1.82, 2.24) is 4.57 Å². The zero-order chi connectivity index (χ0) is 12.1. The first-order chi connectivity index (χ1) is 8.25. The molecular weight excluding hydrogens is 218 g/mol. The van der Waals surface area contributed by atoms with Crippen molar-refractivity contribution in [2.75, 3.05) is 0 Å². The van der Waals surface area contributed by atoms with Gasteiger partial charge in [-0.15, -0.1) is 0 Å². The van der Waals surface area contributed by atoms with Crippen LogP contribution in [-0.4, -0.2) is 9.60 Å². The minimum Gasteiger partial charge on any atom is -0.324 e. The SMILES string of the molecule is O=[N+]([O-])N=c1ccccn1Cc1ccccc1. The molecule has 0 spiro atoms. The molecule has 0 saturated heterocycles. The maximum atomic E-state index is 10.4. The average molecular weight is 229 g/mol. The second-order valence-electron chi connectivity index (χ2n) is 3.51. The van der Waals surface area contributed by atoms with Crippen LogP contribution in [0.2, 0.25) is 0 Å². The minimum absolute atomic E-state index is 0.335. The van der Waals surface area contributed by atoms with Crippen LogP contribution in [0.3, 0.4) is 0 Å². The second kappa shape index (κ2) is 5.07. The summed E-state index contributed by atoms with van der Waals surface area (Å²) in [5.41, 5.74) is 1.41. The number of rotatable bonds is 3. The lowest BCUT2D eigenvalue weighted by molar-refractivity contribution is -0.490. The van der Waals surface area contributed by atoms with E-state index in [0.717, 1.165) is 5.56 Å². The van der Waals surface area contributed by atoms with E-state index in [1.807, 2.05) is 36.4 Å². The quantitative estimate of drug-likeness (QED) is 0.593. The fraction of sp³-hybridized carbons (Fsp3) is 0.0833. The Balaban J connectivity index is 2.37. The summed E-state index contributed by atoms with van der Waals surface area (Å²) in [6.45, 7) is 0.564. The van der Waals surface area contributed by atoms with Gasteiger partial charge in [-0.05, 0) is 17.7 Å². The molecule has 1 heterocycles. The summed E-state index contributed by atoms with van der Waals surface area (Å²) in [4.78, 5) is 10.4. The van der Waals surface area contributed by atoms with Crippen LogP contribution in [0, 0.1) is 10.1 Å². The van der Waals surface area contributed by atoms with Gasteiger partial charge in [0.1, 0.15) is 0 Å². The fourth-order valence-corrected chi connectivity index (χ4v) is 1.56. The monoisotopic (exact) mass is 229 g/mol. The second-order valence-corrected chi connectivity index (χ2v) is 3.51. The standard InChI is InChI=1S/C12H11N3O2/c16-15(17)13-12-8-4-5-9-14(12)10-11-6-2-1-3-7-11/h1-9H,10H2. The molecule has 0 bridgehead atoms. The lowest BCUT2D eigenvalue weighted by atomic mass is 10.2. The summed E-state index contributed by atoms with van der Waals surface area (Å²) in [5.74, 6) is 0. The summed E-state index contributed by atoms with van der Waals surface area (Å²) in [6, 6.07) is 14.9. The van der Waals surface area contributed by atoms with Crippen LogP contribution >= 0.6 is 0 Å². The molecule has 0 saturated carbocycles. The smallest absolute Gasteiger partial charge is 0.207 e. The highest BCUT2D eigenvalue weighted by atomic mass is 16.7. The minimum atomic E-state index is -0.684. The molecule has 5 nitrogen and oxygen atoms in total. The molecule has 1 aromatic carbocycles. The fourth-order valence-electron chi connectivity index (χ4n) is 1.56. The first-order valence-electron chi connectivity index (χ1n) is 5.14. The van der Waals surface area contributed by atoms with Crippen molar-refractivity contribution >= 4 is 0 Å². The number of aromatic nitrogens is 1. The van der Waals surface area contributed by atoms with Crippen molar-refractivity contribution < 1.29 is 5.03 Å². The number of benzene rings is 1. The first-order valence-corrected chi connectivity index (χ1v) is 5.14. The van der Waals surface area contributed by atoms with E-state index in [0.29, 0.717) is 12.0 Å². The largest absolute Gasteiger partial charge is 0.324 e. The highest BCUT2D eigenvalue weighted by Gasteiger charge is 1.98. The van der Waals surface area contributed by atoms with Crippen LogP contribution < -0.4 is 5.49 Å². The predicted octanol–water partition coefficient (Wildman–Crippen LogP) is 1.63. The van der Waals surface area contributed by atoms with Crippen molar-refractivity contribution in [2.24, 2.45) is 5.10 Å². The molecule has 0 aliphatic heterocycles. The summed E-state index contributed by atoms with van der Waals surface area (Å²) < 4.78 is 1.73. The summed E-state index contributed by atoms with van der Waals surface area (Å²) in [7, 11) is 0. The molecule has 0 radical (unpaired) electrons. The molecule has 0 atom stereocenters. The molecule has 0 unspecified atom stereocenters. The Morgan fingerprint density at radius 1 is 1.12 bits per heavy atom. The molecule has 5 heteroatoms. The van der Waals surface area contributed by atoms with Gasteiger partial charge in [0.2, 0.25) is 5.49 Å². The summed E-state index contributed by atoms with van der Waals surface area (Å²) >= 11 is 0. The topological polar surface area (TPSA) is 60.4 Å². The van der Waals surface area contributed by atoms with Crippen molar-refractivity contribution in [2.45, 2.75) is 6.54 Å². The Bertz CT molecular complexity index is 576.